The number of benzene rings is 1. The van der Waals surface area contributed by atoms with E-state index in [2.05, 4.69) is 47.9 Å². The molecule has 2 heteroatoms. The van der Waals surface area contributed by atoms with Crippen molar-refractivity contribution in [1.82, 2.24) is 4.90 Å². The third kappa shape index (κ3) is 3.79. The third-order valence-corrected chi connectivity index (χ3v) is 5.29. The number of rotatable bonds is 4. The molecule has 0 aromatic heterocycles. The molecule has 3 rings (SSSR count). The molecule has 0 radical (unpaired) electrons. The zero-order valence-corrected chi connectivity index (χ0v) is 13.7. The van der Waals surface area contributed by atoms with Crippen LogP contribution in [0.3, 0.4) is 0 Å². The molecule has 0 spiro atoms. The van der Waals surface area contributed by atoms with E-state index in [0.717, 1.165) is 5.92 Å². The maximum atomic E-state index is 2.69. The molecule has 1 aliphatic carbocycles. The minimum atomic E-state index is 0.627. The summed E-state index contributed by atoms with van der Waals surface area (Å²) in [5.41, 5.74) is 2.85. The Labute approximate surface area is 130 Å². The van der Waals surface area contributed by atoms with E-state index in [-0.39, 0.29) is 0 Å². The van der Waals surface area contributed by atoms with E-state index < -0.39 is 0 Å². The molecule has 2 aliphatic rings. The molecule has 0 unspecified atom stereocenters. The van der Waals surface area contributed by atoms with E-state index in [1.165, 1.54) is 69.7 Å². The summed E-state index contributed by atoms with van der Waals surface area (Å²) in [4.78, 5) is 5.24. The maximum absolute atomic E-state index is 2.69. The van der Waals surface area contributed by atoms with Gasteiger partial charge in [0.15, 0.2) is 0 Å². The summed E-state index contributed by atoms with van der Waals surface area (Å²) in [5.74, 6) is 1.61. The Morgan fingerprint density at radius 1 is 0.952 bits per heavy atom. The second-order valence-corrected chi connectivity index (χ2v) is 7.18. The first-order valence-electron chi connectivity index (χ1n) is 8.79. The van der Waals surface area contributed by atoms with Gasteiger partial charge in [0.1, 0.15) is 0 Å². The van der Waals surface area contributed by atoms with Crippen LogP contribution in [0.15, 0.2) is 24.3 Å². The molecule has 2 nitrogen and oxygen atoms in total. The molecule has 2 fully saturated rings. The summed E-state index contributed by atoms with van der Waals surface area (Å²) in [6.45, 7) is 10.7. The molecular weight excluding hydrogens is 256 g/mol. The van der Waals surface area contributed by atoms with Crippen LogP contribution in [0.4, 0.5) is 5.69 Å². The smallest absolute Gasteiger partial charge is 0.0367 e. The van der Waals surface area contributed by atoms with Crippen molar-refractivity contribution in [3.63, 3.8) is 0 Å². The van der Waals surface area contributed by atoms with E-state index in [0.29, 0.717) is 5.92 Å². The van der Waals surface area contributed by atoms with Crippen molar-refractivity contribution in [2.75, 3.05) is 37.6 Å². The second-order valence-electron chi connectivity index (χ2n) is 7.18. The van der Waals surface area contributed by atoms with Gasteiger partial charge in [0.2, 0.25) is 0 Å². The third-order valence-electron chi connectivity index (χ3n) is 5.29. The molecule has 1 aliphatic heterocycles. The van der Waals surface area contributed by atoms with Crippen LogP contribution < -0.4 is 4.90 Å². The van der Waals surface area contributed by atoms with Crippen LogP contribution in [-0.2, 0) is 0 Å². The van der Waals surface area contributed by atoms with Gasteiger partial charge in [-0.05, 0) is 42.4 Å². The molecule has 0 bridgehead atoms. The highest BCUT2D eigenvalue weighted by molar-refractivity contribution is 5.48. The number of nitrogens with zero attached hydrogens (tertiary/aromatic N) is 2. The average molecular weight is 286 g/mol. The highest BCUT2D eigenvalue weighted by Crippen LogP contribution is 2.26. The maximum Gasteiger partial charge on any atom is 0.0367 e. The second kappa shape index (κ2) is 6.83. The van der Waals surface area contributed by atoms with E-state index in [9.17, 15) is 0 Å². The SMILES string of the molecule is CC(C)c1ccc(N2CCN(CC3CCCC3)CC2)cc1. The molecule has 1 heterocycles. The van der Waals surface area contributed by atoms with E-state index in [1.807, 2.05) is 0 Å². The van der Waals surface area contributed by atoms with Crippen molar-refractivity contribution in [2.24, 2.45) is 5.92 Å². The molecule has 0 atom stereocenters. The number of anilines is 1. The van der Waals surface area contributed by atoms with Crippen LogP contribution in [0.25, 0.3) is 0 Å². The molecule has 1 aromatic carbocycles. The van der Waals surface area contributed by atoms with Gasteiger partial charge >= 0.3 is 0 Å². The summed E-state index contributed by atoms with van der Waals surface area (Å²) < 4.78 is 0. The van der Waals surface area contributed by atoms with Crippen molar-refractivity contribution >= 4 is 5.69 Å². The van der Waals surface area contributed by atoms with Crippen molar-refractivity contribution in [1.29, 1.82) is 0 Å². The number of hydrogen-bond acceptors (Lipinski definition) is 2. The van der Waals surface area contributed by atoms with Gasteiger partial charge in [0.05, 0.1) is 0 Å². The predicted octanol–water partition coefficient (Wildman–Crippen LogP) is 4.12. The molecule has 0 amide bonds. The first kappa shape index (κ1) is 14.9. The topological polar surface area (TPSA) is 6.48 Å². The quantitative estimate of drug-likeness (QED) is 0.821. The van der Waals surface area contributed by atoms with Crippen molar-refractivity contribution in [2.45, 2.75) is 45.4 Å². The van der Waals surface area contributed by atoms with Crippen LogP contribution in [0.1, 0.15) is 51.0 Å². The van der Waals surface area contributed by atoms with E-state index in [4.69, 9.17) is 0 Å². The summed E-state index contributed by atoms with van der Waals surface area (Å²) in [7, 11) is 0. The Morgan fingerprint density at radius 3 is 2.14 bits per heavy atom. The standard InChI is InChI=1S/C19H30N2/c1-16(2)18-7-9-19(10-8-18)21-13-11-20(12-14-21)15-17-5-3-4-6-17/h7-10,16-17H,3-6,11-15H2,1-2H3. The van der Waals surface area contributed by atoms with Crippen LogP contribution in [0, 0.1) is 5.92 Å². The molecule has 116 valence electrons. The van der Waals surface area contributed by atoms with Gasteiger partial charge in [0, 0.05) is 38.4 Å². The van der Waals surface area contributed by atoms with Crippen molar-refractivity contribution in [3.05, 3.63) is 29.8 Å². The molecule has 1 saturated carbocycles. The molecule has 21 heavy (non-hydrogen) atoms. The van der Waals surface area contributed by atoms with Gasteiger partial charge in [-0.3, -0.25) is 4.90 Å². The average Bonchev–Trinajstić information content (AvgIpc) is 3.01. The van der Waals surface area contributed by atoms with Crippen LogP contribution in [0.5, 0.6) is 0 Å². The lowest BCUT2D eigenvalue weighted by molar-refractivity contribution is 0.220. The fraction of sp³-hybridized carbons (Fsp3) is 0.684. The largest absolute Gasteiger partial charge is 0.369 e. The summed E-state index contributed by atoms with van der Waals surface area (Å²) in [6.07, 6.45) is 5.87. The Bertz CT molecular complexity index is 423. The van der Waals surface area contributed by atoms with Gasteiger partial charge in [-0.15, -0.1) is 0 Å². The lowest BCUT2D eigenvalue weighted by Gasteiger charge is -2.37. The summed E-state index contributed by atoms with van der Waals surface area (Å²) in [5, 5.41) is 0. The summed E-state index contributed by atoms with van der Waals surface area (Å²) in [6, 6.07) is 9.21. The lowest BCUT2D eigenvalue weighted by atomic mass is 10.0. The molecule has 1 saturated heterocycles. The Morgan fingerprint density at radius 2 is 1.57 bits per heavy atom. The normalized spacial score (nSPS) is 21.4. The van der Waals surface area contributed by atoms with Gasteiger partial charge in [-0.2, -0.15) is 0 Å². The minimum Gasteiger partial charge on any atom is -0.369 e. The van der Waals surface area contributed by atoms with Crippen LogP contribution in [0.2, 0.25) is 0 Å². The Balaban J connectivity index is 1.50. The first-order chi connectivity index (χ1) is 10.2. The molecular formula is C19H30N2. The minimum absolute atomic E-state index is 0.627. The van der Waals surface area contributed by atoms with Gasteiger partial charge < -0.3 is 4.90 Å². The van der Waals surface area contributed by atoms with Crippen molar-refractivity contribution in [3.8, 4) is 0 Å². The lowest BCUT2D eigenvalue weighted by Crippen LogP contribution is -2.47. The fourth-order valence-electron chi connectivity index (χ4n) is 3.82. The van der Waals surface area contributed by atoms with Gasteiger partial charge in [0.25, 0.3) is 0 Å². The Hall–Kier alpha value is -1.02. The fourth-order valence-corrected chi connectivity index (χ4v) is 3.82. The number of hydrogen-bond donors (Lipinski definition) is 0. The van der Waals surface area contributed by atoms with Gasteiger partial charge in [-0.1, -0.05) is 38.8 Å². The highest BCUT2D eigenvalue weighted by atomic mass is 15.3. The van der Waals surface area contributed by atoms with Crippen LogP contribution in [-0.4, -0.2) is 37.6 Å². The molecule has 0 N–H and O–H groups in total. The zero-order valence-electron chi connectivity index (χ0n) is 13.7. The monoisotopic (exact) mass is 286 g/mol. The van der Waals surface area contributed by atoms with Crippen molar-refractivity contribution < 1.29 is 0 Å². The van der Waals surface area contributed by atoms with Crippen LogP contribution >= 0.6 is 0 Å². The predicted molar refractivity (Wildman–Crippen MR) is 91.1 cm³/mol. The van der Waals surface area contributed by atoms with Gasteiger partial charge in [-0.25, -0.2) is 0 Å². The summed E-state index contributed by atoms with van der Waals surface area (Å²) >= 11 is 0. The zero-order chi connectivity index (χ0) is 14.7. The van der Waals surface area contributed by atoms with E-state index >= 15 is 0 Å². The van der Waals surface area contributed by atoms with E-state index in [1.54, 1.807) is 0 Å². The number of piperazine rings is 1. The molecule has 1 aromatic rings. The highest BCUT2D eigenvalue weighted by Gasteiger charge is 2.22. The first-order valence-corrected chi connectivity index (χ1v) is 8.79. The Kier molecular flexibility index (Phi) is 4.84.